The van der Waals surface area contributed by atoms with E-state index in [4.69, 9.17) is 4.98 Å². The van der Waals surface area contributed by atoms with Crippen molar-refractivity contribution in [3.05, 3.63) is 64.2 Å². The largest absolute Gasteiger partial charge is 0.396 e. The van der Waals surface area contributed by atoms with Gasteiger partial charge >= 0.3 is 0 Å². The Bertz CT molecular complexity index is 1200. The minimum absolute atomic E-state index is 0.0213. The zero-order valence-electron chi connectivity index (χ0n) is 21.8. The molecule has 0 bridgehead atoms. The summed E-state index contributed by atoms with van der Waals surface area (Å²) in [7, 11) is 0. The van der Waals surface area contributed by atoms with Gasteiger partial charge in [-0.15, -0.1) is 11.3 Å². The number of aryl methyl sites for hydroxylation is 1. The van der Waals surface area contributed by atoms with E-state index in [1.54, 1.807) is 0 Å². The molecule has 3 aromatic rings. The molecule has 5 nitrogen and oxygen atoms in total. The van der Waals surface area contributed by atoms with Crippen LogP contribution in [0.2, 0.25) is 0 Å². The Morgan fingerprint density at radius 1 is 1.22 bits per heavy atom. The molecule has 1 aromatic carbocycles. The molecule has 2 aliphatic rings. The molecule has 192 valence electrons. The van der Waals surface area contributed by atoms with Crippen LogP contribution in [-0.2, 0) is 12.8 Å². The summed E-state index contributed by atoms with van der Waals surface area (Å²) < 4.78 is 0. The number of aromatic nitrogens is 1. The minimum atomic E-state index is -0.0502. The highest BCUT2D eigenvalue weighted by Gasteiger charge is 2.30. The number of nitrogens with one attached hydrogen (secondary N) is 1. The number of fused-ring (bicyclic) bond motifs is 2. The van der Waals surface area contributed by atoms with Crippen LogP contribution >= 0.6 is 11.3 Å². The molecule has 2 unspecified atom stereocenters. The van der Waals surface area contributed by atoms with Gasteiger partial charge in [-0.3, -0.25) is 4.79 Å². The van der Waals surface area contributed by atoms with E-state index in [2.05, 4.69) is 49.2 Å². The maximum Gasteiger partial charge on any atom is 0.261 e. The summed E-state index contributed by atoms with van der Waals surface area (Å²) in [5, 5.41) is 13.9. The Balaban J connectivity index is 1.31. The lowest BCUT2D eigenvalue weighted by Gasteiger charge is -2.34. The second-order valence-electron chi connectivity index (χ2n) is 11.8. The summed E-state index contributed by atoms with van der Waals surface area (Å²) in [6.07, 6.45) is 5.18. The van der Waals surface area contributed by atoms with Gasteiger partial charge in [0.1, 0.15) is 4.83 Å². The van der Waals surface area contributed by atoms with Gasteiger partial charge in [0.15, 0.2) is 0 Å². The van der Waals surface area contributed by atoms with Gasteiger partial charge in [-0.25, -0.2) is 4.98 Å². The Morgan fingerprint density at radius 3 is 2.75 bits per heavy atom. The summed E-state index contributed by atoms with van der Waals surface area (Å²) in [6, 6.07) is 14.5. The van der Waals surface area contributed by atoms with Gasteiger partial charge in [-0.1, -0.05) is 51.1 Å². The van der Waals surface area contributed by atoms with Crippen molar-refractivity contribution in [1.29, 1.82) is 0 Å². The van der Waals surface area contributed by atoms with Crippen LogP contribution in [0.4, 0.5) is 0 Å². The number of carbonyl (C=O) groups excluding carboxylic acids is 1. The molecule has 2 aromatic heterocycles. The topological polar surface area (TPSA) is 65.5 Å². The quantitative estimate of drug-likeness (QED) is 0.437. The summed E-state index contributed by atoms with van der Waals surface area (Å²) in [6.45, 7) is 10.1. The van der Waals surface area contributed by atoms with Crippen molar-refractivity contribution >= 4 is 27.5 Å². The van der Waals surface area contributed by atoms with E-state index in [1.165, 1.54) is 29.0 Å². The fourth-order valence-electron chi connectivity index (χ4n) is 5.79. The fourth-order valence-corrected chi connectivity index (χ4v) is 6.73. The number of amides is 1. The average Bonchev–Trinajstić information content (AvgIpc) is 3.51. The van der Waals surface area contributed by atoms with E-state index in [0.717, 1.165) is 66.0 Å². The average molecular weight is 506 g/mol. The predicted octanol–water partition coefficient (Wildman–Crippen LogP) is 5.62. The van der Waals surface area contributed by atoms with Gasteiger partial charge in [0, 0.05) is 30.8 Å². The number of hydrogen-bond donors (Lipinski definition) is 2. The molecule has 0 spiro atoms. The Labute approximate surface area is 218 Å². The molecule has 1 saturated heterocycles. The second kappa shape index (κ2) is 10.6. The third kappa shape index (κ3) is 5.66. The number of carbonyl (C=O) groups is 1. The number of aliphatic hydroxyl groups is 1. The first-order valence-electron chi connectivity index (χ1n) is 13.4. The monoisotopic (exact) mass is 505 g/mol. The number of thiophene rings is 1. The van der Waals surface area contributed by atoms with Crippen LogP contribution in [0, 0.1) is 17.3 Å². The Kier molecular flexibility index (Phi) is 7.47. The lowest BCUT2D eigenvalue weighted by Crippen LogP contribution is -2.32. The van der Waals surface area contributed by atoms with Crippen molar-refractivity contribution in [2.45, 2.75) is 58.9 Å². The first kappa shape index (κ1) is 25.4. The Morgan fingerprint density at radius 2 is 2.03 bits per heavy atom. The van der Waals surface area contributed by atoms with E-state index in [9.17, 15) is 9.90 Å². The molecule has 5 rings (SSSR count). The van der Waals surface area contributed by atoms with Crippen molar-refractivity contribution in [3.63, 3.8) is 0 Å². The minimum Gasteiger partial charge on any atom is -0.396 e. The maximum atomic E-state index is 13.4. The molecule has 36 heavy (non-hydrogen) atoms. The predicted molar refractivity (Wildman–Crippen MR) is 147 cm³/mol. The van der Waals surface area contributed by atoms with Crippen molar-refractivity contribution in [2.24, 2.45) is 17.3 Å². The van der Waals surface area contributed by atoms with Crippen LogP contribution in [0.5, 0.6) is 0 Å². The van der Waals surface area contributed by atoms with E-state index >= 15 is 0 Å². The van der Waals surface area contributed by atoms with Gasteiger partial charge in [-0.05, 0) is 79.2 Å². The van der Waals surface area contributed by atoms with Gasteiger partial charge in [0.25, 0.3) is 5.91 Å². The molecule has 1 amide bonds. The lowest BCUT2D eigenvalue weighted by molar-refractivity contribution is 0.0936. The zero-order chi connectivity index (χ0) is 25.3. The smallest absolute Gasteiger partial charge is 0.261 e. The molecule has 1 aliphatic carbocycles. The van der Waals surface area contributed by atoms with Crippen LogP contribution in [0.25, 0.3) is 10.2 Å². The molecule has 0 radical (unpaired) electrons. The third-order valence-electron chi connectivity index (χ3n) is 8.19. The van der Waals surface area contributed by atoms with Crippen molar-refractivity contribution in [1.82, 2.24) is 15.2 Å². The molecule has 1 aliphatic heterocycles. The molecular formula is C30H39N3O2S. The van der Waals surface area contributed by atoms with Crippen LogP contribution in [0.15, 0.2) is 42.5 Å². The SMILES string of the molecule is CC(C)(C)[C@H]1CCc2nc3sc(C(=O)NC(CCN4CCC(CO)C4)c4ccccc4)cc3cc2C1. The summed E-state index contributed by atoms with van der Waals surface area (Å²) >= 11 is 1.51. The second-order valence-corrected chi connectivity index (χ2v) is 12.8. The standard InChI is InChI=1S/C30H39N3O2S/c1-30(2,3)24-9-10-25-22(16-24)15-23-17-27(36-29(23)32-25)28(35)31-26(21-7-5-4-6-8-21)12-14-33-13-11-20(18-33)19-34/h4-8,15,17,20,24,26,34H,9-14,16,18-19H2,1-3H3,(H,31,35)/t20?,24-,26?/m0/s1. The van der Waals surface area contributed by atoms with Crippen LogP contribution in [0.3, 0.4) is 0 Å². The third-order valence-corrected chi connectivity index (χ3v) is 9.23. The number of benzene rings is 1. The highest BCUT2D eigenvalue weighted by atomic mass is 32.1. The first-order chi connectivity index (χ1) is 17.3. The molecule has 0 saturated carbocycles. The van der Waals surface area contributed by atoms with Gasteiger partial charge in [0.05, 0.1) is 10.9 Å². The summed E-state index contributed by atoms with van der Waals surface area (Å²) in [4.78, 5) is 22.5. The van der Waals surface area contributed by atoms with E-state index in [-0.39, 0.29) is 18.6 Å². The van der Waals surface area contributed by atoms with E-state index in [1.807, 2.05) is 24.3 Å². The number of hydrogen-bond acceptors (Lipinski definition) is 5. The van der Waals surface area contributed by atoms with Crippen LogP contribution < -0.4 is 5.32 Å². The molecular weight excluding hydrogens is 466 g/mol. The maximum absolute atomic E-state index is 13.4. The molecule has 3 heterocycles. The highest BCUT2D eigenvalue weighted by Crippen LogP contribution is 2.38. The zero-order valence-corrected chi connectivity index (χ0v) is 22.6. The van der Waals surface area contributed by atoms with Gasteiger partial charge in [0.2, 0.25) is 0 Å². The number of pyridine rings is 1. The summed E-state index contributed by atoms with van der Waals surface area (Å²) in [5.74, 6) is 1.03. The number of nitrogens with zero attached hydrogens (tertiary/aromatic N) is 2. The van der Waals surface area contributed by atoms with Crippen molar-refractivity contribution in [2.75, 3.05) is 26.2 Å². The van der Waals surface area contributed by atoms with E-state index in [0.29, 0.717) is 17.3 Å². The molecule has 3 atom stereocenters. The molecule has 1 fully saturated rings. The van der Waals surface area contributed by atoms with Crippen molar-refractivity contribution in [3.8, 4) is 0 Å². The van der Waals surface area contributed by atoms with E-state index < -0.39 is 0 Å². The first-order valence-corrected chi connectivity index (χ1v) is 14.2. The van der Waals surface area contributed by atoms with Gasteiger partial charge in [-0.2, -0.15) is 0 Å². The van der Waals surface area contributed by atoms with Crippen molar-refractivity contribution < 1.29 is 9.90 Å². The summed E-state index contributed by atoms with van der Waals surface area (Å²) in [5.41, 5.74) is 4.00. The van der Waals surface area contributed by atoms with Crippen LogP contribution in [0.1, 0.15) is 72.6 Å². The molecule has 2 N–H and O–H groups in total. The number of rotatable bonds is 7. The van der Waals surface area contributed by atoms with Gasteiger partial charge < -0.3 is 15.3 Å². The lowest BCUT2D eigenvalue weighted by atomic mass is 9.71. The highest BCUT2D eigenvalue weighted by molar-refractivity contribution is 7.20. The fraction of sp³-hybridized carbons (Fsp3) is 0.533. The molecule has 6 heteroatoms. The van der Waals surface area contributed by atoms with Crippen LogP contribution in [-0.4, -0.2) is 47.1 Å². The number of likely N-dealkylation sites (tertiary alicyclic amines) is 1. The Hall–Kier alpha value is -2.28. The number of aliphatic hydroxyl groups excluding tert-OH is 1. The normalized spacial score (nSPS) is 21.4.